The lowest BCUT2D eigenvalue weighted by Gasteiger charge is -2.35. The van der Waals surface area contributed by atoms with Crippen LogP contribution in [0.25, 0.3) is 32.7 Å². The summed E-state index contributed by atoms with van der Waals surface area (Å²) in [6.45, 7) is 7.06. The third-order valence-corrected chi connectivity index (χ3v) is 22.6. The summed E-state index contributed by atoms with van der Waals surface area (Å²) in [6, 6.07) is 62.7. The Balaban J connectivity index is 0.000000288. The van der Waals surface area contributed by atoms with Crippen LogP contribution in [0.2, 0.25) is 0 Å². The van der Waals surface area contributed by atoms with Crippen molar-refractivity contribution < 1.29 is 19.1 Å². The molecule has 0 bridgehead atoms. The molecule has 4 nitrogen and oxygen atoms in total. The molecule has 4 heteroatoms. The molecule has 0 spiro atoms. The first-order chi connectivity index (χ1) is 44.2. The summed E-state index contributed by atoms with van der Waals surface area (Å²) in [5, 5.41) is 5.61. The summed E-state index contributed by atoms with van der Waals surface area (Å²) in [5.41, 5.74) is 11.2. The highest BCUT2D eigenvalue weighted by Crippen LogP contribution is 2.46. The fourth-order valence-corrected chi connectivity index (χ4v) is 17.1. The zero-order valence-corrected chi connectivity index (χ0v) is 54.7. The highest BCUT2D eigenvalue weighted by Gasteiger charge is 2.34. The van der Waals surface area contributed by atoms with Gasteiger partial charge >= 0.3 is 11.9 Å². The molecule has 0 amide bonds. The van der Waals surface area contributed by atoms with Crippen LogP contribution in [0.4, 0.5) is 0 Å². The van der Waals surface area contributed by atoms with Gasteiger partial charge in [-0.3, -0.25) is 0 Å². The summed E-state index contributed by atoms with van der Waals surface area (Å²) in [4.78, 5) is 27.4. The van der Waals surface area contributed by atoms with Crippen LogP contribution in [0.15, 0.2) is 182 Å². The van der Waals surface area contributed by atoms with Gasteiger partial charge in [-0.25, -0.2) is 9.59 Å². The topological polar surface area (TPSA) is 52.6 Å². The van der Waals surface area contributed by atoms with Crippen LogP contribution in [-0.4, -0.2) is 11.9 Å². The molecule has 0 aliphatic heterocycles. The first-order valence-electron chi connectivity index (χ1n) is 35.9. The van der Waals surface area contributed by atoms with Gasteiger partial charge in [0.25, 0.3) is 0 Å². The van der Waals surface area contributed by atoms with E-state index in [-0.39, 0.29) is 44.6 Å². The van der Waals surface area contributed by atoms with Crippen molar-refractivity contribution in [3.8, 4) is 11.1 Å². The number of carbonyl (C=O) groups excluding carboxylic acids is 2. The largest absolute Gasteiger partial charge is 0.450 e. The average molecular weight is 1300 g/mol. The second-order valence-electron chi connectivity index (χ2n) is 29.1. The summed E-state index contributed by atoms with van der Waals surface area (Å²) in [7, 11) is 0. The van der Waals surface area contributed by atoms with Crippen LogP contribution in [0.5, 0.6) is 0 Å². The second kappa shape index (κ2) is 38.4. The second-order valence-corrected chi connectivity index (χ2v) is 29.1. The molecular weight excluding hydrogens is 1170 g/mol. The zero-order chi connectivity index (χ0) is 61.6. The Morgan fingerprint density at radius 2 is 0.677 bits per heavy atom. The van der Waals surface area contributed by atoms with E-state index in [0.717, 1.165) is 65.4 Å². The van der Waals surface area contributed by atoms with Crippen LogP contribution in [0, 0.1) is 53.3 Å². The molecule has 0 N–H and O–H groups in total. The van der Waals surface area contributed by atoms with E-state index in [2.05, 4.69) is 118 Å². The van der Waals surface area contributed by atoms with Gasteiger partial charge in [0, 0.05) is 0 Å². The normalized spacial score (nSPS) is 22.2. The Morgan fingerprint density at radius 3 is 1.04 bits per heavy atom. The smallest absolute Gasteiger partial charge is 0.338 e. The Morgan fingerprint density at radius 1 is 0.354 bits per heavy atom. The molecular formula is C92H126O4. The van der Waals surface area contributed by atoms with E-state index in [9.17, 15) is 9.59 Å². The predicted octanol–water partition coefficient (Wildman–Crippen LogP) is 27.1. The third-order valence-electron chi connectivity index (χ3n) is 22.6. The number of hydrogen-bond acceptors (Lipinski definition) is 4. The standard InChI is InChI=1S/C44H50O4.C42H52.6CH4/c1-31-13-17-33(18-14-31)29-35-21-25-39(26-22-35)43(45)47-41(37-9-5-3-6-10-37)42(38-11-7-4-8-12-38)48-44(46)40-27-23-36(24-28-40)30-34-19-15-32(2)16-20-34;1-2-7-30-12-14-31(15-13-30)28-32-16-18-33(19-17-32)29-34-20-22-37-26-24-35-8-3-5-10-39(35)41(37)42-38(23-21-34)27-25-36-9-4-6-11-40(36)42;;;;;;/h3-12,21-28,31-34,41-42H,13-20,29-30H2,1-2H3;3-6,8-11,24-27,30-34H,2,7,12-23,28-29H2,1H3;6*1H4/t31?,32?,33?,34?,41-,42-;;;;;;;/m1......./s1. The lowest BCUT2D eigenvalue weighted by Crippen LogP contribution is -2.23. The van der Waals surface area contributed by atoms with Crippen molar-refractivity contribution in [3.63, 3.8) is 0 Å². The molecule has 13 rings (SSSR count). The van der Waals surface area contributed by atoms with Gasteiger partial charge in [-0.15, -0.1) is 0 Å². The third kappa shape index (κ3) is 20.4. The molecule has 4 fully saturated rings. The molecule has 8 aromatic carbocycles. The number of benzene rings is 8. The maximum atomic E-state index is 13.7. The highest BCUT2D eigenvalue weighted by atomic mass is 16.6. The first kappa shape index (κ1) is 78.2. The first-order valence-corrected chi connectivity index (χ1v) is 35.9. The summed E-state index contributed by atoms with van der Waals surface area (Å²) in [6.07, 6.45) is 33.8. The average Bonchev–Trinajstić information content (AvgIpc) is 1.05. The maximum absolute atomic E-state index is 13.7. The molecule has 8 aromatic rings. The van der Waals surface area contributed by atoms with Crippen molar-refractivity contribution >= 4 is 33.5 Å². The van der Waals surface area contributed by atoms with Crippen LogP contribution in [-0.2, 0) is 35.2 Å². The van der Waals surface area contributed by atoms with Gasteiger partial charge in [-0.1, -0.05) is 313 Å². The Hall–Kier alpha value is -6.78. The molecule has 96 heavy (non-hydrogen) atoms. The lowest BCUT2D eigenvalue weighted by molar-refractivity contribution is -0.0388. The number of hydrogen-bond donors (Lipinski definition) is 0. The van der Waals surface area contributed by atoms with Crippen molar-refractivity contribution in [2.24, 2.45) is 53.3 Å². The maximum Gasteiger partial charge on any atom is 0.338 e. The molecule has 5 aliphatic rings. The number of aryl methyl sites for hydroxylation is 2. The number of esters is 2. The minimum atomic E-state index is -0.845. The highest BCUT2D eigenvalue weighted by molar-refractivity contribution is 6.08. The van der Waals surface area contributed by atoms with E-state index in [0.29, 0.717) is 23.0 Å². The Bertz CT molecular complexity index is 3320. The fourth-order valence-electron chi connectivity index (χ4n) is 17.1. The Kier molecular flexibility index (Phi) is 31.3. The van der Waals surface area contributed by atoms with Gasteiger partial charge in [0.05, 0.1) is 11.1 Å². The monoisotopic (exact) mass is 1290 g/mol. The molecule has 4 saturated carbocycles. The van der Waals surface area contributed by atoms with Crippen LogP contribution >= 0.6 is 0 Å². The van der Waals surface area contributed by atoms with E-state index in [1.807, 2.05) is 84.9 Å². The van der Waals surface area contributed by atoms with Gasteiger partial charge in [0.2, 0.25) is 0 Å². The van der Waals surface area contributed by atoms with E-state index < -0.39 is 24.1 Å². The van der Waals surface area contributed by atoms with Gasteiger partial charge in [-0.05, 0) is 221 Å². The molecule has 5 aliphatic carbocycles. The minimum absolute atomic E-state index is 0. The van der Waals surface area contributed by atoms with Crippen LogP contribution in [0.3, 0.4) is 0 Å². The summed E-state index contributed by atoms with van der Waals surface area (Å²) >= 11 is 0. The van der Waals surface area contributed by atoms with Crippen LogP contribution in [0.1, 0.15) is 273 Å². The van der Waals surface area contributed by atoms with E-state index in [1.165, 1.54) is 191 Å². The summed E-state index contributed by atoms with van der Waals surface area (Å²) in [5.74, 6) is 7.10. The Labute approximate surface area is 584 Å². The predicted molar refractivity (Wildman–Crippen MR) is 414 cm³/mol. The van der Waals surface area contributed by atoms with Crippen molar-refractivity contribution in [2.75, 3.05) is 0 Å². The van der Waals surface area contributed by atoms with Crippen molar-refractivity contribution in [2.45, 2.75) is 244 Å². The number of fused-ring (bicyclic) bond motifs is 7. The van der Waals surface area contributed by atoms with Gasteiger partial charge < -0.3 is 9.47 Å². The molecule has 0 unspecified atom stereocenters. The number of rotatable bonds is 17. The number of carbonyl (C=O) groups is 2. The molecule has 0 saturated heterocycles. The van der Waals surface area contributed by atoms with Crippen molar-refractivity contribution in [1.29, 1.82) is 0 Å². The quantitative estimate of drug-likeness (QED) is 0.0853. The number of ether oxygens (including phenoxy) is 2. The van der Waals surface area contributed by atoms with E-state index in [1.54, 1.807) is 17.5 Å². The molecule has 518 valence electrons. The van der Waals surface area contributed by atoms with E-state index >= 15 is 0 Å². The van der Waals surface area contributed by atoms with E-state index in [4.69, 9.17) is 9.47 Å². The molecule has 0 radical (unpaired) electrons. The SMILES string of the molecule is C.C.C.C.C.C.CC1CCC(Cc2ccc(C(=O)O[C@H](c3ccccc3)[C@H](OC(=O)c3ccc(CC4CCC(C)CC4)cc3)c3ccccc3)cc2)CC1.CCCC1CCC(CC2CCC(CC3CCc4ccc5ccccc5c4-c4c(ccc5ccccc45)CC3)CC2)CC1. The van der Waals surface area contributed by atoms with Crippen molar-refractivity contribution in [1.82, 2.24) is 0 Å². The van der Waals surface area contributed by atoms with Crippen LogP contribution < -0.4 is 0 Å². The van der Waals surface area contributed by atoms with Gasteiger partial charge in [0.1, 0.15) is 0 Å². The molecule has 2 atom stereocenters. The van der Waals surface area contributed by atoms with Gasteiger partial charge in [-0.2, -0.15) is 0 Å². The van der Waals surface area contributed by atoms with Crippen molar-refractivity contribution in [3.05, 3.63) is 226 Å². The molecule has 0 aromatic heterocycles. The zero-order valence-electron chi connectivity index (χ0n) is 54.7. The van der Waals surface area contributed by atoms with Gasteiger partial charge in [0.15, 0.2) is 12.2 Å². The fraction of sp³-hybridized carbons (Fsp3) is 0.500. The minimum Gasteiger partial charge on any atom is -0.450 e. The summed E-state index contributed by atoms with van der Waals surface area (Å²) < 4.78 is 12.5. The molecule has 0 heterocycles. The lowest BCUT2D eigenvalue weighted by atomic mass is 9.71.